The lowest BCUT2D eigenvalue weighted by molar-refractivity contribution is 0.411. The number of benzene rings is 1. The first-order chi connectivity index (χ1) is 9.56. The largest absolute Gasteiger partial charge is 0.496 e. The topological polar surface area (TPSA) is 45.7 Å². The second-order valence-electron chi connectivity index (χ2n) is 5.34. The summed E-state index contributed by atoms with van der Waals surface area (Å²) in [5.41, 5.74) is 2.37. The van der Waals surface area contributed by atoms with Crippen molar-refractivity contribution in [1.82, 2.24) is 10.6 Å². The molecule has 120 valence electrons. The maximum Gasteiger partial charge on any atom is 0.191 e. The summed E-state index contributed by atoms with van der Waals surface area (Å²) >= 11 is 0. The molecule has 0 aliphatic carbocycles. The lowest BCUT2D eigenvalue weighted by atomic mass is 10.1. The van der Waals surface area contributed by atoms with Crippen LogP contribution < -0.4 is 15.4 Å². The normalized spacial score (nSPS) is 11.0. The fourth-order valence-electron chi connectivity index (χ4n) is 1.94. The van der Waals surface area contributed by atoms with Gasteiger partial charge in [-0.3, -0.25) is 4.99 Å². The van der Waals surface area contributed by atoms with Crippen LogP contribution in [0.1, 0.15) is 31.4 Å². The van der Waals surface area contributed by atoms with Gasteiger partial charge in [-0.1, -0.05) is 26.0 Å². The summed E-state index contributed by atoms with van der Waals surface area (Å²) in [6, 6.07) is 6.20. The predicted molar refractivity (Wildman–Crippen MR) is 101 cm³/mol. The van der Waals surface area contributed by atoms with Crippen LogP contribution in [0.5, 0.6) is 5.75 Å². The van der Waals surface area contributed by atoms with Crippen LogP contribution in [-0.2, 0) is 6.54 Å². The van der Waals surface area contributed by atoms with Crippen LogP contribution in [-0.4, -0.2) is 26.7 Å². The van der Waals surface area contributed by atoms with E-state index in [-0.39, 0.29) is 24.0 Å². The van der Waals surface area contributed by atoms with E-state index in [0.717, 1.165) is 36.8 Å². The van der Waals surface area contributed by atoms with Gasteiger partial charge in [-0.15, -0.1) is 24.0 Å². The average molecular weight is 405 g/mol. The molecule has 1 aromatic rings. The van der Waals surface area contributed by atoms with E-state index >= 15 is 0 Å². The summed E-state index contributed by atoms with van der Waals surface area (Å²) in [5, 5.41) is 6.64. The number of rotatable bonds is 6. The number of nitrogens with one attached hydrogen (secondary N) is 2. The third kappa shape index (κ3) is 7.55. The van der Waals surface area contributed by atoms with Crippen LogP contribution in [0.2, 0.25) is 0 Å². The van der Waals surface area contributed by atoms with E-state index in [1.807, 2.05) is 6.07 Å². The van der Waals surface area contributed by atoms with Crippen molar-refractivity contribution in [3.63, 3.8) is 0 Å². The summed E-state index contributed by atoms with van der Waals surface area (Å²) in [7, 11) is 3.49. The van der Waals surface area contributed by atoms with Crippen LogP contribution in [0.25, 0.3) is 0 Å². The molecule has 5 heteroatoms. The smallest absolute Gasteiger partial charge is 0.191 e. The predicted octanol–water partition coefficient (Wildman–Crippen LogP) is 3.33. The highest BCUT2D eigenvalue weighted by Gasteiger charge is 2.02. The molecule has 0 aliphatic rings. The number of halogens is 1. The SMILES string of the molecule is CN=C(NCCC(C)C)NCc1ccc(OC)c(C)c1.I. The Hall–Kier alpha value is -0.980. The van der Waals surface area contributed by atoms with Crippen molar-refractivity contribution >= 4 is 29.9 Å². The van der Waals surface area contributed by atoms with Gasteiger partial charge in [0.15, 0.2) is 5.96 Å². The van der Waals surface area contributed by atoms with Gasteiger partial charge in [-0.25, -0.2) is 0 Å². The van der Waals surface area contributed by atoms with Crippen molar-refractivity contribution in [2.24, 2.45) is 10.9 Å². The Morgan fingerprint density at radius 1 is 1.29 bits per heavy atom. The number of ether oxygens (including phenoxy) is 1. The Labute approximate surface area is 145 Å². The van der Waals surface area contributed by atoms with Gasteiger partial charge in [-0.05, 0) is 36.5 Å². The van der Waals surface area contributed by atoms with Crippen molar-refractivity contribution < 1.29 is 4.74 Å². The zero-order chi connectivity index (χ0) is 15.0. The molecule has 0 heterocycles. The second kappa shape index (κ2) is 10.7. The lowest BCUT2D eigenvalue weighted by Gasteiger charge is -2.13. The molecule has 0 saturated heterocycles. The first-order valence-electron chi connectivity index (χ1n) is 7.14. The fraction of sp³-hybridized carbons (Fsp3) is 0.562. The minimum atomic E-state index is 0. The Balaban J connectivity index is 0.00000400. The molecule has 0 saturated carbocycles. The standard InChI is InChI=1S/C16H27N3O.HI/c1-12(2)8-9-18-16(17-4)19-11-14-6-7-15(20-5)13(3)10-14;/h6-7,10,12H,8-9,11H2,1-5H3,(H2,17,18,19);1H. The number of aliphatic imine (C=N–C) groups is 1. The van der Waals surface area contributed by atoms with E-state index in [2.05, 4.69) is 48.5 Å². The third-order valence-electron chi connectivity index (χ3n) is 3.16. The van der Waals surface area contributed by atoms with Crippen molar-refractivity contribution in [3.05, 3.63) is 29.3 Å². The zero-order valence-electron chi connectivity index (χ0n) is 13.7. The van der Waals surface area contributed by atoms with Gasteiger partial charge < -0.3 is 15.4 Å². The number of methoxy groups -OCH3 is 1. The minimum Gasteiger partial charge on any atom is -0.496 e. The van der Waals surface area contributed by atoms with Gasteiger partial charge in [0.1, 0.15) is 5.75 Å². The maximum absolute atomic E-state index is 5.27. The molecule has 0 atom stereocenters. The molecule has 0 fully saturated rings. The third-order valence-corrected chi connectivity index (χ3v) is 3.16. The lowest BCUT2D eigenvalue weighted by Crippen LogP contribution is -2.37. The molecule has 0 unspecified atom stereocenters. The van der Waals surface area contributed by atoms with Gasteiger partial charge in [0.2, 0.25) is 0 Å². The van der Waals surface area contributed by atoms with Crippen LogP contribution in [0.3, 0.4) is 0 Å². The molecule has 0 bridgehead atoms. The van der Waals surface area contributed by atoms with Gasteiger partial charge >= 0.3 is 0 Å². The van der Waals surface area contributed by atoms with E-state index < -0.39 is 0 Å². The first-order valence-corrected chi connectivity index (χ1v) is 7.14. The molecule has 0 radical (unpaired) electrons. The van der Waals surface area contributed by atoms with Gasteiger partial charge in [0.25, 0.3) is 0 Å². The Morgan fingerprint density at radius 2 is 2.00 bits per heavy atom. The number of aryl methyl sites for hydroxylation is 1. The quantitative estimate of drug-likeness (QED) is 0.434. The van der Waals surface area contributed by atoms with Crippen LogP contribution in [0.15, 0.2) is 23.2 Å². The van der Waals surface area contributed by atoms with E-state index in [0.29, 0.717) is 5.92 Å². The summed E-state index contributed by atoms with van der Waals surface area (Å²) < 4.78 is 5.27. The maximum atomic E-state index is 5.27. The molecule has 1 aromatic carbocycles. The highest BCUT2D eigenvalue weighted by atomic mass is 127. The minimum absolute atomic E-state index is 0. The Bertz CT molecular complexity index is 447. The fourth-order valence-corrected chi connectivity index (χ4v) is 1.94. The first kappa shape index (κ1) is 20.0. The van der Waals surface area contributed by atoms with Crippen molar-refractivity contribution in [2.75, 3.05) is 20.7 Å². The van der Waals surface area contributed by atoms with Crippen LogP contribution >= 0.6 is 24.0 Å². The molecule has 0 spiro atoms. The van der Waals surface area contributed by atoms with Gasteiger partial charge in [-0.2, -0.15) is 0 Å². The molecular weight excluding hydrogens is 377 g/mol. The molecule has 4 nitrogen and oxygen atoms in total. The molecule has 21 heavy (non-hydrogen) atoms. The summed E-state index contributed by atoms with van der Waals surface area (Å²) in [6.07, 6.45) is 1.14. The van der Waals surface area contributed by atoms with Gasteiger partial charge in [0.05, 0.1) is 7.11 Å². The second-order valence-corrected chi connectivity index (χ2v) is 5.34. The van der Waals surface area contributed by atoms with E-state index in [4.69, 9.17) is 4.74 Å². The van der Waals surface area contributed by atoms with E-state index in [1.54, 1.807) is 14.2 Å². The summed E-state index contributed by atoms with van der Waals surface area (Å²) in [4.78, 5) is 4.23. The number of hydrogen-bond donors (Lipinski definition) is 2. The molecule has 0 aliphatic heterocycles. The molecule has 0 aromatic heterocycles. The van der Waals surface area contributed by atoms with Crippen LogP contribution in [0, 0.1) is 12.8 Å². The monoisotopic (exact) mass is 405 g/mol. The average Bonchev–Trinajstić information content (AvgIpc) is 2.42. The van der Waals surface area contributed by atoms with Crippen LogP contribution in [0.4, 0.5) is 0 Å². The number of nitrogens with zero attached hydrogens (tertiary/aromatic N) is 1. The van der Waals surface area contributed by atoms with Crippen molar-refractivity contribution in [3.8, 4) is 5.75 Å². The number of guanidine groups is 1. The summed E-state index contributed by atoms with van der Waals surface area (Å²) in [6.45, 7) is 8.19. The van der Waals surface area contributed by atoms with Crippen molar-refractivity contribution in [1.29, 1.82) is 0 Å². The highest BCUT2D eigenvalue weighted by molar-refractivity contribution is 14.0. The Kier molecular flexibility index (Phi) is 10.2. The Morgan fingerprint density at radius 3 is 2.52 bits per heavy atom. The van der Waals surface area contributed by atoms with Gasteiger partial charge in [0, 0.05) is 20.1 Å². The molecular formula is C16H28IN3O. The summed E-state index contributed by atoms with van der Waals surface area (Å²) in [5.74, 6) is 2.47. The van der Waals surface area contributed by atoms with E-state index in [1.165, 1.54) is 5.56 Å². The van der Waals surface area contributed by atoms with E-state index in [9.17, 15) is 0 Å². The highest BCUT2D eigenvalue weighted by Crippen LogP contribution is 2.18. The van der Waals surface area contributed by atoms with Crippen molar-refractivity contribution in [2.45, 2.75) is 33.7 Å². The number of hydrogen-bond acceptors (Lipinski definition) is 2. The zero-order valence-corrected chi connectivity index (χ0v) is 16.0. The molecule has 0 amide bonds. The molecule has 1 rings (SSSR count). The molecule has 2 N–H and O–H groups in total.